The zero-order chi connectivity index (χ0) is 20.5. The van der Waals surface area contributed by atoms with E-state index in [1.165, 1.54) is 0 Å². The SMILES string of the molecule is CCCN(CC(=O)NCCc1ccccc1OC)Cc1nnc(-c2ccco2)o1. The lowest BCUT2D eigenvalue weighted by atomic mass is 10.1. The summed E-state index contributed by atoms with van der Waals surface area (Å²) in [5, 5.41) is 11.0. The number of aromatic nitrogens is 2. The van der Waals surface area contributed by atoms with E-state index in [1.54, 1.807) is 25.5 Å². The van der Waals surface area contributed by atoms with Gasteiger partial charge in [-0.15, -0.1) is 10.2 Å². The van der Waals surface area contributed by atoms with Crippen LogP contribution in [0.2, 0.25) is 0 Å². The predicted molar refractivity (Wildman–Crippen MR) is 107 cm³/mol. The number of rotatable bonds is 11. The molecular formula is C21H26N4O4. The van der Waals surface area contributed by atoms with Crippen molar-refractivity contribution in [2.45, 2.75) is 26.3 Å². The molecule has 0 unspecified atom stereocenters. The first-order chi connectivity index (χ1) is 14.2. The molecule has 0 saturated carbocycles. The minimum Gasteiger partial charge on any atom is -0.496 e. The number of para-hydroxylation sites is 1. The summed E-state index contributed by atoms with van der Waals surface area (Å²) in [7, 11) is 1.65. The fourth-order valence-electron chi connectivity index (χ4n) is 3.04. The average Bonchev–Trinajstić information content (AvgIpc) is 3.40. The molecular weight excluding hydrogens is 372 g/mol. The van der Waals surface area contributed by atoms with Crippen molar-refractivity contribution >= 4 is 5.91 Å². The molecule has 0 aliphatic heterocycles. The van der Waals surface area contributed by atoms with Gasteiger partial charge in [-0.25, -0.2) is 0 Å². The number of carbonyl (C=O) groups is 1. The molecule has 29 heavy (non-hydrogen) atoms. The highest BCUT2D eigenvalue weighted by atomic mass is 16.5. The summed E-state index contributed by atoms with van der Waals surface area (Å²) in [6.07, 6.45) is 3.17. The Hall–Kier alpha value is -3.13. The maximum absolute atomic E-state index is 12.4. The quantitative estimate of drug-likeness (QED) is 0.531. The van der Waals surface area contributed by atoms with Gasteiger partial charge in [-0.2, -0.15) is 0 Å². The molecule has 8 heteroatoms. The first-order valence-corrected chi connectivity index (χ1v) is 9.66. The maximum Gasteiger partial charge on any atom is 0.283 e. The number of carbonyl (C=O) groups excluding carboxylic acids is 1. The second kappa shape index (κ2) is 10.4. The van der Waals surface area contributed by atoms with Gasteiger partial charge in [0.05, 0.1) is 26.5 Å². The molecule has 3 rings (SSSR count). The van der Waals surface area contributed by atoms with Gasteiger partial charge in [-0.1, -0.05) is 25.1 Å². The number of furan rings is 1. The van der Waals surface area contributed by atoms with E-state index in [2.05, 4.69) is 22.4 Å². The minimum atomic E-state index is -0.0425. The van der Waals surface area contributed by atoms with E-state index in [0.29, 0.717) is 37.1 Å². The fraction of sp³-hybridized carbons (Fsp3) is 0.381. The van der Waals surface area contributed by atoms with Crippen LogP contribution >= 0.6 is 0 Å². The van der Waals surface area contributed by atoms with Gasteiger partial charge in [-0.05, 0) is 43.1 Å². The summed E-state index contributed by atoms with van der Waals surface area (Å²) in [5.74, 6) is 2.10. The van der Waals surface area contributed by atoms with Crippen molar-refractivity contribution in [3.05, 3.63) is 54.1 Å². The topological polar surface area (TPSA) is 93.6 Å². The highest BCUT2D eigenvalue weighted by Crippen LogP contribution is 2.19. The first kappa shape index (κ1) is 20.6. The molecule has 0 aliphatic rings. The van der Waals surface area contributed by atoms with Crippen molar-refractivity contribution in [3.63, 3.8) is 0 Å². The van der Waals surface area contributed by atoms with Crippen molar-refractivity contribution < 1.29 is 18.4 Å². The van der Waals surface area contributed by atoms with Crippen LogP contribution in [0.1, 0.15) is 24.8 Å². The zero-order valence-electron chi connectivity index (χ0n) is 16.8. The number of nitrogens with zero attached hydrogens (tertiary/aromatic N) is 3. The standard InChI is InChI=1S/C21H26N4O4/c1-3-12-25(15-20-23-24-21(29-20)18-9-6-13-28-18)14-19(26)22-11-10-16-7-4-5-8-17(16)27-2/h4-9,13H,3,10-12,14-15H2,1-2H3,(H,22,26). The molecule has 1 N–H and O–H groups in total. The third-order valence-electron chi connectivity index (χ3n) is 4.37. The van der Waals surface area contributed by atoms with Gasteiger partial charge in [0.2, 0.25) is 11.8 Å². The molecule has 2 heterocycles. The normalized spacial score (nSPS) is 11.0. The van der Waals surface area contributed by atoms with Crippen molar-refractivity contribution in [2.24, 2.45) is 0 Å². The van der Waals surface area contributed by atoms with Gasteiger partial charge in [0, 0.05) is 6.54 Å². The number of hydrogen-bond acceptors (Lipinski definition) is 7. The molecule has 0 fully saturated rings. The molecule has 0 bridgehead atoms. The summed E-state index contributed by atoms with van der Waals surface area (Å²) in [6.45, 7) is 4.02. The van der Waals surface area contributed by atoms with Gasteiger partial charge < -0.3 is 18.9 Å². The molecule has 0 saturated heterocycles. The van der Waals surface area contributed by atoms with E-state index >= 15 is 0 Å². The number of hydrogen-bond donors (Lipinski definition) is 1. The van der Waals surface area contributed by atoms with Gasteiger partial charge in [0.25, 0.3) is 5.89 Å². The Balaban J connectivity index is 1.50. The van der Waals surface area contributed by atoms with Crippen LogP contribution in [0.4, 0.5) is 0 Å². The predicted octanol–water partition coefficient (Wildman–Crippen LogP) is 2.91. The maximum atomic E-state index is 12.4. The van der Waals surface area contributed by atoms with Crippen LogP contribution in [0.25, 0.3) is 11.7 Å². The van der Waals surface area contributed by atoms with Crippen molar-refractivity contribution in [2.75, 3.05) is 26.7 Å². The molecule has 8 nitrogen and oxygen atoms in total. The van der Waals surface area contributed by atoms with Crippen LogP contribution in [-0.4, -0.2) is 47.7 Å². The van der Waals surface area contributed by atoms with Crippen LogP contribution in [0, 0.1) is 0 Å². The monoisotopic (exact) mass is 398 g/mol. The summed E-state index contributed by atoms with van der Waals surface area (Å²) in [5.41, 5.74) is 1.07. The van der Waals surface area contributed by atoms with E-state index in [0.717, 1.165) is 24.3 Å². The van der Waals surface area contributed by atoms with Crippen LogP contribution in [0.15, 0.2) is 51.5 Å². The molecule has 0 atom stereocenters. The fourth-order valence-corrected chi connectivity index (χ4v) is 3.04. The lowest BCUT2D eigenvalue weighted by Crippen LogP contribution is -2.38. The zero-order valence-corrected chi connectivity index (χ0v) is 16.8. The van der Waals surface area contributed by atoms with Gasteiger partial charge in [-0.3, -0.25) is 9.69 Å². The third kappa shape index (κ3) is 5.92. The number of nitrogens with one attached hydrogen (secondary N) is 1. The lowest BCUT2D eigenvalue weighted by Gasteiger charge is -2.19. The Labute approximate surface area is 169 Å². The highest BCUT2D eigenvalue weighted by Gasteiger charge is 2.16. The number of methoxy groups -OCH3 is 1. The van der Waals surface area contributed by atoms with Crippen LogP contribution in [0.5, 0.6) is 5.75 Å². The Morgan fingerprint density at radius 2 is 2.07 bits per heavy atom. The molecule has 0 radical (unpaired) electrons. The van der Waals surface area contributed by atoms with E-state index in [1.807, 2.05) is 29.2 Å². The van der Waals surface area contributed by atoms with Crippen molar-refractivity contribution in [1.82, 2.24) is 20.4 Å². The van der Waals surface area contributed by atoms with Crippen LogP contribution in [-0.2, 0) is 17.8 Å². The second-order valence-corrected chi connectivity index (χ2v) is 6.60. The average molecular weight is 398 g/mol. The van der Waals surface area contributed by atoms with E-state index < -0.39 is 0 Å². The van der Waals surface area contributed by atoms with Crippen LogP contribution in [0.3, 0.4) is 0 Å². The number of benzene rings is 1. The van der Waals surface area contributed by atoms with E-state index in [9.17, 15) is 4.79 Å². The molecule has 0 aliphatic carbocycles. The van der Waals surface area contributed by atoms with Gasteiger partial charge >= 0.3 is 0 Å². The Bertz CT molecular complexity index is 892. The molecule has 1 aromatic carbocycles. The van der Waals surface area contributed by atoms with E-state index in [4.69, 9.17) is 13.6 Å². The Kier molecular flexibility index (Phi) is 7.40. The Morgan fingerprint density at radius 3 is 2.83 bits per heavy atom. The molecule has 154 valence electrons. The van der Waals surface area contributed by atoms with Crippen molar-refractivity contribution in [3.8, 4) is 17.4 Å². The number of amides is 1. The summed E-state index contributed by atoms with van der Waals surface area (Å²) in [6, 6.07) is 11.3. The first-order valence-electron chi connectivity index (χ1n) is 9.66. The van der Waals surface area contributed by atoms with Gasteiger partial charge in [0.15, 0.2) is 5.76 Å². The van der Waals surface area contributed by atoms with Gasteiger partial charge in [0.1, 0.15) is 5.75 Å². The number of ether oxygens (including phenoxy) is 1. The Morgan fingerprint density at radius 1 is 1.21 bits per heavy atom. The van der Waals surface area contributed by atoms with Crippen molar-refractivity contribution in [1.29, 1.82) is 0 Å². The minimum absolute atomic E-state index is 0.0425. The smallest absolute Gasteiger partial charge is 0.283 e. The van der Waals surface area contributed by atoms with E-state index in [-0.39, 0.29) is 12.5 Å². The largest absolute Gasteiger partial charge is 0.496 e. The highest BCUT2D eigenvalue weighted by molar-refractivity contribution is 5.78. The molecule has 2 aromatic heterocycles. The summed E-state index contributed by atoms with van der Waals surface area (Å²) >= 11 is 0. The lowest BCUT2D eigenvalue weighted by molar-refractivity contribution is -0.122. The summed E-state index contributed by atoms with van der Waals surface area (Å²) in [4.78, 5) is 14.4. The van der Waals surface area contributed by atoms with Crippen LogP contribution < -0.4 is 10.1 Å². The summed E-state index contributed by atoms with van der Waals surface area (Å²) < 4.78 is 16.3. The third-order valence-corrected chi connectivity index (χ3v) is 4.37. The second-order valence-electron chi connectivity index (χ2n) is 6.60. The molecule has 1 amide bonds. The molecule has 0 spiro atoms. The molecule has 3 aromatic rings.